The van der Waals surface area contributed by atoms with Crippen molar-refractivity contribution in [3.63, 3.8) is 0 Å². The molecule has 2 aromatic heterocycles. The molecule has 0 N–H and O–H groups in total. The van der Waals surface area contributed by atoms with E-state index in [1.165, 1.54) is 6.39 Å². The van der Waals surface area contributed by atoms with Crippen LogP contribution in [-0.4, -0.2) is 20.2 Å². The van der Waals surface area contributed by atoms with E-state index >= 15 is 0 Å². The Morgan fingerprint density at radius 3 is 2.79 bits per heavy atom. The lowest BCUT2D eigenvalue weighted by atomic mass is 10.0. The highest BCUT2D eigenvalue weighted by molar-refractivity contribution is 9.10. The number of aromatic nitrogens is 3. The summed E-state index contributed by atoms with van der Waals surface area (Å²) >= 11 is 10.1. The Labute approximate surface area is 174 Å². The number of hydrogen-bond acceptors (Lipinski definition) is 4. The van der Waals surface area contributed by atoms with E-state index in [1.54, 1.807) is 6.20 Å². The second-order valence-electron chi connectivity index (χ2n) is 6.51. The highest BCUT2D eigenvalue weighted by Gasteiger charge is 2.28. The van der Waals surface area contributed by atoms with Gasteiger partial charge in [-0.2, -0.15) is 0 Å². The van der Waals surface area contributed by atoms with Crippen LogP contribution in [0.5, 0.6) is 0 Å². The summed E-state index contributed by atoms with van der Waals surface area (Å²) in [7, 11) is 0. The molecule has 4 aromatic rings. The Hall–Kier alpha value is -2.70. The highest BCUT2D eigenvalue weighted by atomic mass is 79.9. The van der Waals surface area contributed by atoms with Crippen LogP contribution in [0.2, 0.25) is 5.02 Å². The molecule has 0 radical (unpaired) electrons. The minimum Gasteiger partial charge on any atom is -0.442 e. The molecule has 0 saturated heterocycles. The van der Waals surface area contributed by atoms with E-state index in [4.69, 9.17) is 21.0 Å². The van der Waals surface area contributed by atoms with Gasteiger partial charge in [0.2, 0.25) is 0 Å². The van der Waals surface area contributed by atoms with E-state index in [2.05, 4.69) is 42.6 Å². The first-order chi connectivity index (χ1) is 13.6. The van der Waals surface area contributed by atoms with E-state index in [0.29, 0.717) is 10.8 Å². The van der Waals surface area contributed by atoms with Crippen LogP contribution in [0.3, 0.4) is 0 Å². The summed E-state index contributed by atoms with van der Waals surface area (Å²) in [5.74, 6) is 0.621. The number of benzene rings is 2. The molecule has 0 bridgehead atoms. The lowest BCUT2D eigenvalue weighted by Crippen LogP contribution is -2.07. The average molecular weight is 454 g/mol. The molecule has 28 heavy (non-hydrogen) atoms. The van der Waals surface area contributed by atoms with Crippen LogP contribution in [0.1, 0.15) is 29.8 Å². The molecule has 5 rings (SSSR count). The summed E-state index contributed by atoms with van der Waals surface area (Å²) in [6, 6.07) is 13.7. The lowest BCUT2D eigenvalue weighted by molar-refractivity contribution is 0.568. The molecule has 0 aliphatic carbocycles. The predicted octanol–water partition coefficient (Wildman–Crippen LogP) is 5.86. The first-order valence-electron chi connectivity index (χ1n) is 8.72. The third kappa shape index (κ3) is 2.72. The number of hydrogen-bond donors (Lipinski definition) is 0. The first kappa shape index (κ1) is 17.4. The van der Waals surface area contributed by atoms with Crippen LogP contribution in [0.25, 0.3) is 17.1 Å². The van der Waals surface area contributed by atoms with Crippen molar-refractivity contribution in [1.82, 2.24) is 14.5 Å². The van der Waals surface area contributed by atoms with E-state index in [9.17, 15) is 0 Å². The van der Waals surface area contributed by atoms with Gasteiger partial charge in [0.1, 0.15) is 12.0 Å². The Morgan fingerprint density at radius 1 is 1.14 bits per heavy atom. The zero-order valence-corrected chi connectivity index (χ0v) is 17.1. The summed E-state index contributed by atoms with van der Waals surface area (Å²) < 4.78 is 8.54. The fourth-order valence-corrected chi connectivity index (χ4v) is 4.16. The molecule has 0 amide bonds. The standard InChI is InChI=1S/C21H14BrClN4O/c1-12-21-20(18-9-24-11-28-18)25-10-27(21)17-7-6-13(22)8-15(17)19(26-12)14-4-2-3-5-16(14)23/h2-12H,1H3/t12-/m0/s1. The van der Waals surface area contributed by atoms with E-state index in [-0.39, 0.29) is 6.04 Å². The zero-order chi connectivity index (χ0) is 19.3. The highest BCUT2D eigenvalue weighted by Crippen LogP contribution is 2.37. The molecule has 2 aromatic carbocycles. The first-order valence-corrected chi connectivity index (χ1v) is 9.89. The molecule has 0 unspecified atom stereocenters. The molecule has 0 fully saturated rings. The maximum absolute atomic E-state index is 6.53. The lowest BCUT2D eigenvalue weighted by Gasteiger charge is -2.13. The smallest absolute Gasteiger partial charge is 0.181 e. The van der Waals surface area contributed by atoms with Gasteiger partial charge in [-0.1, -0.05) is 45.7 Å². The van der Waals surface area contributed by atoms with Gasteiger partial charge in [0.25, 0.3) is 0 Å². The molecule has 5 nitrogen and oxygen atoms in total. The topological polar surface area (TPSA) is 56.2 Å². The van der Waals surface area contributed by atoms with Crippen molar-refractivity contribution in [2.75, 3.05) is 0 Å². The van der Waals surface area contributed by atoms with Crippen molar-refractivity contribution in [2.24, 2.45) is 4.99 Å². The number of imidazole rings is 1. The molecular weight excluding hydrogens is 440 g/mol. The van der Waals surface area contributed by atoms with Crippen molar-refractivity contribution in [1.29, 1.82) is 0 Å². The minimum atomic E-state index is -0.167. The van der Waals surface area contributed by atoms with Gasteiger partial charge in [-0.15, -0.1) is 0 Å². The summed E-state index contributed by atoms with van der Waals surface area (Å²) in [4.78, 5) is 13.7. The Balaban J connectivity index is 1.82. The van der Waals surface area contributed by atoms with Crippen LogP contribution in [-0.2, 0) is 0 Å². The summed E-state index contributed by atoms with van der Waals surface area (Å²) in [6.45, 7) is 2.05. The summed E-state index contributed by atoms with van der Waals surface area (Å²) in [5, 5.41) is 0.666. The Bertz CT molecular complexity index is 1210. The molecule has 3 heterocycles. The fraction of sp³-hybridized carbons (Fsp3) is 0.0952. The second-order valence-corrected chi connectivity index (χ2v) is 7.83. The van der Waals surface area contributed by atoms with E-state index in [1.807, 2.05) is 43.6 Å². The number of nitrogens with zero attached hydrogens (tertiary/aromatic N) is 4. The Morgan fingerprint density at radius 2 is 2.00 bits per heavy atom. The van der Waals surface area contributed by atoms with Crippen molar-refractivity contribution in [3.8, 4) is 17.1 Å². The molecule has 0 spiro atoms. The van der Waals surface area contributed by atoms with Crippen LogP contribution in [0.4, 0.5) is 0 Å². The van der Waals surface area contributed by atoms with Crippen LogP contribution in [0, 0.1) is 0 Å². The maximum Gasteiger partial charge on any atom is 0.181 e. The van der Waals surface area contributed by atoms with Gasteiger partial charge in [0.05, 0.1) is 29.3 Å². The van der Waals surface area contributed by atoms with Crippen LogP contribution >= 0.6 is 27.5 Å². The molecule has 1 aliphatic rings. The Kier molecular flexibility index (Phi) is 4.18. The van der Waals surface area contributed by atoms with Gasteiger partial charge >= 0.3 is 0 Å². The normalized spacial score (nSPS) is 15.5. The summed E-state index contributed by atoms with van der Waals surface area (Å²) in [5.41, 5.74) is 5.40. The molecule has 0 saturated carbocycles. The van der Waals surface area contributed by atoms with Crippen molar-refractivity contribution < 1.29 is 4.42 Å². The number of rotatable bonds is 2. The van der Waals surface area contributed by atoms with Gasteiger partial charge in [-0.3, -0.25) is 9.56 Å². The van der Waals surface area contributed by atoms with E-state index in [0.717, 1.165) is 38.4 Å². The SMILES string of the molecule is C[C@@H]1N=C(c2ccccc2Cl)c2cc(Br)ccc2-n2cnc(-c3cnco3)c21. The molecule has 1 aliphatic heterocycles. The number of fused-ring (bicyclic) bond motifs is 3. The molecule has 1 atom stereocenters. The zero-order valence-electron chi connectivity index (χ0n) is 14.8. The van der Waals surface area contributed by atoms with Crippen molar-refractivity contribution in [3.05, 3.63) is 87.7 Å². The quantitative estimate of drug-likeness (QED) is 0.382. The van der Waals surface area contributed by atoms with E-state index < -0.39 is 0 Å². The van der Waals surface area contributed by atoms with Gasteiger partial charge in [-0.25, -0.2) is 9.97 Å². The van der Waals surface area contributed by atoms with Crippen molar-refractivity contribution in [2.45, 2.75) is 13.0 Å². The average Bonchev–Trinajstić information content (AvgIpc) is 3.34. The predicted molar refractivity (Wildman–Crippen MR) is 112 cm³/mol. The van der Waals surface area contributed by atoms with Gasteiger partial charge < -0.3 is 4.42 Å². The third-order valence-electron chi connectivity index (χ3n) is 4.79. The number of oxazole rings is 1. The largest absolute Gasteiger partial charge is 0.442 e. The molecular formula is C21H14BrClN4O. The monoisotopic (exact) mass is 452 g/mol. The maximum atomic E-state index is 6.53. The second kappa shape index (κ2) is 6.72. The van der Waals surface area contributed by atoms with Gasteiger partial charge in [0, 0.05) is 20.6 Å². The molecule has 7 heteroatoms. The van der Waals surface area contributed by atoms with Gasteiger partial charge in [-0.05, 0) is 31.2 Å². The molecule has 138 valence electrons. The van der Waals surface area contributed by atoms with Crippen LogP contribution < -0.4 is 0 Å². The van der Waals surface area contributed by atoms with Gasteiger partial charge in [0.15, 0.2) is 12.2 Å². The fourth-order valence-electron chi connectivity index (χ4n) is 3.57. The third-order valence-corrected chi connectivity index (χ3v) is 5.61. The minimum absolute atomic E-state index is 0.167. The number of halogens is 2. The van der Waals surface area contributed by atoms with Crippen molar-refractivity contribution >= 4 is 33.2 Å². The van der Waals surface area contributed by atoms with Crippen LogP contribution in [0.15, 0.2) is 75.3 Å². The summed E-state index contributed by atoms with van der Waals surface area (Å²) in [6.07, 6.45) is 4.88. The number of aliphatic imine (C=N–C) groups is 1.